The SMILES string of the molecule is CC(=O)OC[C@H]1OC(C)(C)O[C@@H]1[C@@H](Cl)[C@@H]1CCCN1Cc1ccccc1. The van der Waals surface area contributed by atoms with Crippen LogP contribution in [0, 0.1) is 0 Å². The van der Waals surface area contributed by atoms with Gasteiger partial charge in [-0.05, 0) is 38.8 Å². The van der Waals surface area contributed by atoms with Crippen molar-refractivity contribution in [1.82, 2.24) is 4.90 Å². The predicted octanol–water partition coefficient (Wildman–Crippen LogP) is 3.34. The summed E-state index contributed by atoms with van der Waals surface area (Å²) in [5, 5.41) is -0.233. The zero-order valence-corrected chi connectivity index (χ0v) is 16.4. The topological polar surface area (TPSA) is 48.0 Å². The number of hydrogen-bond donors (Lipinski definition) is 0. The van der Waals surface area contributed by atoms with Crippen LogP contribution in [0.2, 0.25) is 0 Å². The molecule has 1 aromatic rings. The molecule has 26 heavy (non-hydrogen) atoms. The molecule has 0 unspecified atom stereocenters. The van der Waals surface area contributed by atoms with Crippen LogP contribution < -0.4 is 0 Å². The molecule has 0 N–H and O–H groups in total. The fraction of sp³-hybridized carbons (Fsp3) is 0.650. The zero-order valence-electron chi connectivity index (χ0n) is 15.7. The Morgan fingerprint density at radius 2 is 2.08 bits per heavy atom. The van der Waals surface area contributed by atoms with Gasteiger partial charge in [0.15, 0.2) is 5.79 Å². The molecule has 2 fully saturated rings. The van der Waals surface area contributed by atoms with Crippen molar-refractivity contribution in [3.8, 4) is 0 Å². The van der Waals surface area contributed by atoms with Crippen molar-refractivity contribution >= 4 is 17.6 Å². The number of halogens is 1. The summed E-state index contributed by atoms with van der Waals surface area (Å²) in [6, 6.07) is 10.6. The molecule has 0 saturated carbocycles. The lowest BCUT2D eigenvalue weighted by atomic mass is 10.0. The summed E-state index contributed by atoms with van der Waals surface area (Å²) in [6.07, 6.45) is 1.48. The number of nitrogens with zero attached hydrogens (tertiary/aromatic N) is 1. The molecule has 2 aliphatic rings. The number of hydrogen-bond acceptors (Lipinski definition) is 5. The number of likely N-dealkylation sites (tertiary alicyclic amines) is 1. The molecule has 4 atom stereocenters. The van der Waals surface area contributed by atoms with Gasteiger partial charge in [-0.15, -0.1) is 11.6 Å². The molecule has 2 heterocycles. The van der Waals surface area contributed by atoms with Gasteiger partial charge >= 0.3 is 5.97 Å². The Kier molecular flexibility index (Phi) is 6.23. The van der Waals surface area contributed by atoms with E-state index in [1.807, 2.05) is 19.9 Å². The number of esters is 1. The van der Waals surface area contributed by atoms with E-state index in [9.17, 15) is 4.79 Å². The highest BCUT2D eigenvalue weighted by Crippen LogP contribution is 2.36. The highest BCUT2D eigenvalue weighted by atomic mass is 35.5. The smallest absolute Gasteiger partial charge is 0.302 e. The monoisotopic (exact) mass is 381 g/mol. The second-order valence-corrected chi connectivity index (χ2v) is 8.06. The third-order valence-electron chi connectivity index (χ3n) is 5.00. The average molecular weight is 382 g/mol. The number of rotatable bonds is 6. The first-order valence-corrected chi connectivity index (χ1v) is 9.70. The molecule has 6 heteroatoms. The summed E-state index contributed by atoms with van der Waals surface area (Å²) in [5.74, 6) is -1.05. The molecule has 0 aromatic heterocycles. The summed E-state index contributed by atoms with van der Waals surface area (Å²) < 4.78 is 17.2. The predicted molar refractivity (Wildman–Crippen MR) is 100.0 cm³/mol. The molecule has 2 aliphatic heterocycles. The number of alkyl halides is 1. The average Bonchev–Trinajstić information content (AvgIpc) is 3.17. The zero-order chi connectivity index (χ0) is 18.7. The lowest BCUT2D eigenvalue weighted by molar-refractivity contribution is -0.158. The molecule has 0 radical (unpaired) electrons. The molecule has 0 bridgehead atoms. The molecule has 5 nitrogen and oxygen atoms in total. The van der Waals surface area contributed by atoms with Gasteiger partial charge in [-0.1, -0.05) is 30.3 Å². The normalized spacial score (nSPS) is 29.6. The maximum Gasteiger partial charge on any atom is 0.302 e. The van der Waals surface area contributed by atoms with E-state index in [1.165, 1.54) is 12.5 Å². The first-order valence-electron chi connectivity index (χ1n) is 9.27. The van der Waals surface area contributed by atoms with Crippen molar-refractivity contribution in [2.24, 2.45) is 0 Å². The minimum Gasteiger partial charge on any atom is -0.463 e. The van der Waals surface area contributed by atoms with Gasteiger partial charge in [0.1, 0.15) is 18.8 Å². The third-order valence-corrected chi connectivity index (χ3v) is 5.54. The Morgan fingerprint density at radius 3 is 2.77 bits per heavy atom. The summed E-state index contributed by atoms with van der Waals surface area (Å²) in [6.45, 7) is 7.20. The summed E-state index contributed by atoms with van der Waals surface area (Å²) in [4.78, 5) is 13.6. The van der Waals surface area contributed by atoms with Gasteiger partial charge in [-0.3, -0.25) is 9.69 Å². The number of carbonyl (C=O) groups is 1. The standard InChI is InChI=1S/C20H28ClNO4/c1-14(23)24-13-17-19(26-20(2,3)25-17)18(21)16-10-7-11-22(16)12-15-8-5-4-6-9-15/h4-6,8-9,16-19H,7,10-13H2,1-3H3/t16-,17+,18-,19-/m0/s1. The maximum absolute atomic E-state index is 11.2. The van der Waals surface area contributed by atoms with Crippen LogP contribution in [0.15, 0.2) is 30.3 Å². The Hall–Kier alpha value is -1.14. The van der Waals surface area contributed by atoms with Crippen LogP contribution in [-0.4, -0.2) is 53.4 Å². The fourth-order valence-corrected chi connectivity index (χ4v) is 4.41. The molecule has 2 saturated heterocycles. The van der Waals surface area contributed by atoms with Gasteiger partial charge in [-0.2, -0.15) is 0 Å². The number of carbonyl (C=O) groups excluding carboxylic acids is 1. The quantitative estimate of drug-likeness (QED) is 0.558. The molecular formula is C20H28ClNO4. The summed E-state index contributed by atoms with van der Waals surface area (Å²) in [5.41, 5.74) is 1.28. The van der Waals surface area contributed by atoms with E-state index in [0.717, 1.165) is 25.9 Å². The minimum atomic E-state index is -0.731. The number of benzene rings is 1. The van der Waals surface area contributed by atoms with Crippen LogP contribution in [0.1, 0.15) is 39.2 Å². The maximum atomic E-state index is 11.2. The fourth-order valence-electron chi connectivity index (χ4n) is 3.91. The van der Waals surface area contributed by atoms with Gasteiger partial charge in [0, 0.05) is 19.5 Å². The Balaban J connectivity index is 1.68. The molecular weight excluding hydrogens is 354 g/mol. The van der Waals surface area contributed by atoms with Crippen molar-refractivity contribution in [2.75, 3.05) is 13.2 Å². The second kappa shape index (κ2) is 8.26. The van der Waals surface area contributed by atoms with Crippen LogP contribution in [0.5, 0.6) is 0 Å². The van der Waals surface area contributed by atoms with Gasteiger partial charge < -0.3 is 14.2 Å². The molecule has 1 aromatic carbocycles. The third kappa shape index (κ3) is 4.77. The van der Waals surface area contributed by atoms with Gasteiger partial charge in [-0.25, -0.2) is 0 Å². The molecule has 0 aliphatic carbocycles. The Bertz CT molecular complexity index is 609. The van der Waals surface area contributed by atoms with Crippen molar-refractivity contribution in [3.05, 3.63) is 35.9 Å². The van der Waals surface area contributed by atoms with E-state index in [2.05, 4.69) is 29.2 Å². The van der Waals surface area contributed by atoms with Crippen molar-refractivity contribution in [1.29, 1.82) is 0 Å². The largest absolute Gasteiger partial charge is 0.463 e. The summed E-state index contributed by atoms with van der Waals surface area (Å²) >= 11 is 6.90. The number of ether oxygens (including phenoxy) is 3. The lowest BCUT2D eigenvalue weighted by Crippen LogP contribution is -2.46. The second-order valence-electron chi connectivity index (χ2n) is 7.55. The molecule has 0 spiro atoms. The molecule has 0 amide bonds. The van der Waals surface area contributed by atoms with Crippen LogP contribution in [0.25, 0.3) is 0 Å². The van der Waals surface area contributed by atoms with E-state index < -0.39 is 5.79 Å². The van der Waals surface area contributed by atoms with Crippen LogP contribution in [0.3, 0.4) is 0 Å². The lowest BCUT2D eigenvalue weighted by Gasteiger charge is -2.32. The van der Waals surface area contributed by atoms with Gasteiger partial charge in [0.05, 0.1) is 5.38 Å². The van der Waals surface area contributed by atoms with Gasteiger partial charge in [0.2, 0.25) is 0 Å². The highest BCUT2D eigenvalue weighted by molar-refractivity contribution is 6.21. The first-order chi connectivity index (χ1) is 12.4. The minimum absolute atomic E-state index is 0.165. The van der Waals surface area contributed by atoms with Crippen LogP contribution in [-0.2, 0) is 25.5 Å². The Labute approximate surface area is 160 Å². The van der Waals surface area contributed by atoms with E-state index in [1.54, 1.807) is 0 Å². The van der Waals surface area contributed by atoms with Crippen molar-refractivity contribution < 1.29 is 19.0 Å². The molecule has 3 rings (SSSR count). The highest BCUT2D eigenvalue weighted by Gasteiger charge is 2.48. The summed E-state index contributed by atoms with van der Waals surface area (Å²) in [7, 11) is 0. The van der Waals surface area contributed by atoms with Gasteiger partial charge in [0.25, 0.3) is 0 Å². The van der Waals surface area contributed by atoms with Crippen LogP contribution in [0.4, 0.5) is 0 Å². The first kappa shape index (κ1) is 19.6. The van der Waals surface area contributed by atoms with E-state index in [-0.39, 0.29) is 36.2 Å². The van der Waals surface area contributed by atoms with E-state index in [0.29, 0.717) is 0 Å². The van der Waals surface area contributed by atoms with Crippen molar-refractivity contribution in [3.63, 3.8) is 0 Å². The Morgan fingerprint density at radius 1 is 1.35 bits per heavy atom. The van der Waals surface area contributed by atoms with Crippen molar-refractivity contribution in [2.45, 2.75) is 69.6 Å². The molecule has 144 valence electrons. The van der Waals surface area contributed by atoms with Crippen LogP contribution >= 0.6 is 11.6 Å². The van der Waals surface area contributed by atoms with E-state index in [4.69, 9.17) is 25.8 Å². The van der Waals surface area contributed by atoms with E-state index >= 15 is 0 Å².